The summed E-state index contributed by atoms with van der Waals surface area (Å²) < 4.78 is 6.59. The molecular formula is C17H28BrNO. The fourth-order valence-electron chi connectivity index (χ4n) is 2.17. The molecule has 1 aromatic rings. The Morgan fingerprint density at radius 1 is 1.15 bits per heavy atom. The molecule has 0 aromatic heterocycles. The van der Waals surface area contributed by atoms with Gasteiger partial charge in [0.2, 0.25) is 0 Å². The third-order valence-electron chi connectivity index (χ3n) is 3.24. The van der Waals surface area contributed by atoms with E-state index < -0.39 is 0 Å². The summed E-state index contributed by atoms with van der Waals surface area (Å²) in [6.45, 7) is 8.26. The highest BCUT2D eigenvalue weighted by molar-refractivity contribution is 9.10. The van der Waals surface area contributed by atoms with Crippen LogP contribution in [0.3, 0.4) is 0 Å². The summed E-state index contributed by atoms with van der Waals surface area (Å²) in [6.07, 6.45) is 6.33. The van der Waals surface area contributed by atoms with Crippen LogP contribution in [-0.4, -0.2) is 19.2 Å². The number of halogens is 1. The van der Waals surface area contributed by atoms with Crippen LogP contribution in [0.5, 0.6) is 5.75 Å². The van der Waals surface area contributed by atoms with Crippen molar-refractivity contribution in [1.29, 1.82) is 0 Å². The van der Waals surface area contributed by atoms with Crippen molar-refractivity contribution in [3.8, 4) is 5.75 Å². The van der Waals surface area contributed by atoms with Gasteiger partial charge < -0.3 is 10.1 Å². The summed E-state index contributed by atoms with van der Waals surface area (Å²) in [5, 5.41) is 3.46. The molecule has 0 radical (unpaired) electrons. The highest BCUT2D eigenvalue weighted by Crippen LogP contribution is 2.26. The lowest BCUT2D eigenvalue weighted by atomic mass is 10.1. The predicted octanol–water partition coefficient (Wildman–Crippen LogP) is 4.95. The first-order valence-corrected chi connectivity index (χ1v) is 8.57. The summed E-state index contributed by atoms with van der Waals surface area (Å²) in [6, 6.07) is 7.04. The second kappa shape index (κ2) is 10.2. The van der Waals surface area contributed by atoms with E-state index >= 15 is 0 Å². The molecule has 1 N–H and O–H groups in total. The Labute approximate surface area is 132 Å². The van der Waals surface area contributed by atoms with Crippen LogP contribution < -0.4 is 10.1 Å². The summed E-state index contributed by atoms with van der Waals surface area (Å²) >= 11 is 3.57. The van der Waals surface area contributed by atoms with E-state index in [9.17, 15) is 0 Å². The van der Waals surface area contributed by atoms with E-state index in [-0.39, 0.29) is 0 Å². The number of benzene rings is 1. The number of ether oxygens (including phenoxy) is 1. The molecule has 0 spiro atoms. The number of unbranched alkanes of at least 4 members (excludes halogenated alkanes) is 3. The van der Waals surface area contributed by atoms with Crippen molar-refractivity contribution in [2.24, 2.45) is 0 Å². The van der Waals surface area contributed by atoms with Crippen LogP contribution in [0.2, 0.25) is 0 Å². The first-order chi connectivity index (χ1) is 9.63. The molecule has 0 unspecified atom stereocenters. The quantitative estimate of drug-likeness (QED) is 0.608. The Hall–Kier alpha value is -0.540. The molecule has 0 heterocycles. The third kappa shape index (κ3) is 7.30. The van der Waals surface area contributed by atoms with E-state index in [4.69, 9.17) is 4.74 Å². The summed E-state index contributed by atoms with van der Waals surface area (Å²) in [4.78, 5) is 0. The number of hydrogen-bond donors (Lipinski definition) is 1. The highest BCUT2D eigenvalue weighted by atomic mass is 79.9. The topological polar surface area (TPSA) is 21.3 Å². The molecule has 0 fully saturated rings. The highest BCUT2D eigenvalue weighted by Gasteiger charge is 2.02. The van der Waals surface area contributed by atoms with Crippen LogP contribution in [0.4, 0.5) is 0 Å². The van der Waals surface area contributed by atoms with Gasteiger partial charge in [-0.1, -0.05) is 32.8 Å². The molecule has 0 saturated heterocycles. The van der Waals surface area contributed by atoms with E-state index in [2.05, 4.69) is 53.3 Å². The monoisotopic (exact) mass is 341 g/mol. The minimum atomic E-state index is 0.608. The van der Waals surface area contributed by atoms with Crippen LogP contribution in [0.25, 0.3) is 0 Å². The van der Waals surface area contributed by atoms with Gasteiger partial charge >= 0.3 is 0 Å². The molecule has 0 amide bonds. The van der Waals surface area contributed by atoms with Crippen molar-refractivity contribution in [1.82, 2.24) is 5.32 Å². The van der Waals surface area contributed by atoms with Gasteiger partial charge in [-0.05, 0) is 66.4 Å². The first-order valence-electron chi connectivity index (χ1n) is 7.78. The largest absolute Gasteiger partial charge is 0.493 e. The number of nitrogens with one attached hydrogen (secondary N) is 1. The Morgan fingerprint density at radius 3 is 2.55 bits per heavy atom. The zero-order chi connectivity index (χ0) is 14.8. The summed E-state index contributed by atoms with van der Waals surface area (Å²) in [5.74, 6) is 0.941. The van der Waals surface area contributed by atoms with Crippen LogP contribution >= 0.6 is 15.9 Å². The van der Waals surface area contributed by atoms with Crippen LogP contribution in [0.15, 0.2) is 22.7 Å². The van der Waals surface area contributed by atoms with Crippen molar-refractivity contribution in [3.63, 3.8) is 0 Å². The molecule has 114 valence electrons. The Morgan fingerprint density at radius 2 is 1.90 bits per heavy atom. The maximum Gasteiger partial charge on any atom is 0.133 e. The predicted molar refractivity (Wildman–Crippen MR) is 90.6 cm³/mol. The van der Waals surface area contributed by atoms with Crippen LogP contribution in [-0.2, 0) is 6.42 Å². The lowest BCUT2D eigenvalue weighted by Crippen LogP contribution is -2.23. The lowest BCUT2D eigenvalue weighted by Gasteiger charge is -2.09. The van der Waals surface area contributed by atoms with Gasteiger partial charge in [-0.15, -0.1) is 0 Å². The van der Waals surface area contributed by atoms with Gasteiger partial charge in [0.25, 0.3) is 0 Å². The lowest BCUT2D eigenvalue weighted by molar-refractivity contribution is 0.338. The van der Waals surface area contributed by atoms with Crippen LogP contribution in [0.1, 0.15) is 52.0 Å². The smallest absolute Gasteiger partial charge is 0.133 e. The minimum absolute atomic E-state index is 0.608. The average Bonchev–Trinajstić information content (AvgIpc) is 2.40. The Balaban J connectivity index is 2.17. The van der Waals surface area contributed by atoms with Gasteiger partial charge in [-0.3, -0.25) is 0 Å². The van der Waals surface area contributed by atoms with Crippen LogP contribution in [0, 0.1) is 0 Å². The Kier molecular flexibility index (Phi) is 8.95. The standard InChI is InChI=1S/C17H28BrNO/c1-4-20-17-11-10-15(13-16(17)18)9-7-5-6-8-12-19-14(2)3/h10-11,13-14,19H,4-9,12H2,1-3H3. The Bertz CT molecular complexity index is 379. The molecule has 0 atom stereocenters. The molecular weight excluding hydrogens is 314 g/mol. The second-order valence-electron chi connectivity index (χ2n) is 5.47. The molecule has 0 saturated carbocycles. The normalized spacial score (nSPS) is 11.1. The minimum Gasteiger partial charge on any atom is -0.493 e. The first kappa shape index (κ1) is 17.5. The molecule has 0 bridgehead atoms. The van der Waals surface area contributed by atoms with Crippen molar-refractivity contribution < 1.29 is 4.74 Å². The van der Waals surface area contributed by atoms with Gasteiger partial charge in [0.15, 0.2) is 0 Å². The zero-order valence-electron chi connectivity index (χ0n) is 13.0. The van der Waals surface area contributed by atoms with E-state index in [1.807, 2.05) is 6.92 Å². The van der Waals surface area contributed by atoms with E-state index in [1.54, 1.807) is 0 Å². The fraction of sp³-hybridized carbons (Fsp3) is 0.647. The third-order valence-corrected chi connectivity index (χ3v) is 3.86. The molecule has 0 aliphatic carbocycles. The number of hydrogen-bond acceptors (Lipinski definition) is 2. The molecule has 3 heteroatoms. The van der Waals surface area contributed by atoms with Gasteiger partial charge in [0, 0.05) is 6.04 Å². The molecule has 1 aromatic carbocycles. The molecule has 1 rings (SSSR count). The van der Waals surface area contributed by atoms with Crippen molar-refractivity contribution in [3.05, 3.63) is 28.2 Å². The van der Waals surface area contributed by atoms with Gasteiger partial charge in [0.05, 0.1) is 11.1 Å². The van der Waals surface area contributed by atoms with E-state index in [0.29, 0.717) is 12.6 Å². The maximum atomic E-state index is 5.53. The van der Waals surface area contributed by atoms with Gasteiger partial charge in [0.1, 0.15) is 5.75 Å². The summed E-state index contributed by atoms with van der Waals surface area (Å²) in [5.41, 5.74) is 1.39. The number of aryl methyl sites for hydroxylation is 1. The fourth-order valence-corrected chi connectivity index (χ4v) is 2.71. The maximum absolute atomic E-state index is 5.53. The number of rotatable bonds is 10. The average molecular weight is 342 g/mol. The second-order valence-corrected chi connectivity index (χ2v) is 6.33. The SMILES string of the molecule is CCOc1ccc(CCCCCCNC(C)C)cc1Br. The van der Waals surface area contributed by atoms with Gasteiger partial charge in [-0.25, -0.2) is 0 Å². The van der Waals surface area contributed by atoms with E-state index in [0.717, 1.165) is 23.2 Å². The molecule has 0 aliphatic heterocycles. The van der Waals surface area contributed by atoms with Crippen molar-refractivity contribution >= 4 is 15.9 Å². The molecule has 20 heavy (non-hydrogen) atoms. The van der Waals surface area contributed by atoms with Crippen molar-refractivity contribution in [2.45, 2.75) is 58.9 Å². The van der Waals surface area contributed by atoms with Gasteiger partial charge in [-0.2, -0.15) is 0 Å². The molecule has 0 aliphatic rings. The van der Waals surface area contributed by atoms with E-state index in [1.165, 1.54) is 31.2 Å². The summed E-state index contributed by atoms with van der Waals surface area (Å²) in [7, 11) is 0. The molecule has 2 nitrogen and oxygen atoms in total. The zero-order valence-corrected chi connectivity index (χ0v) is 14.6. The van der Waals surface area contributed by atoms with Crippen molar-refractivity contribution in [2.75, 3.05) is 13.2 Å².